The molecule has 0 radical (unpaired) electrons. The molecule has 0 unspecified atom stereocenters. The molecule has 0 aliphatic heterocycles. The van der Waals surface area contributed by atoms with Crippen molar-refractivity contribution in [3.8, 4) is 11.5 Å². The first-order valence-corrected chi connectivity index (χ1v) is 15.1. The third-order valence-corrected chi connectivity index (χ3v) is 6.39. The van der Waals surface area contributed by atoms with Crippen LogP contribution in [-0.2, 0) is 32.0 Å². The summed E-state index contributed by atoms with van der Waals surface area (Å²) in [7, 11) is 0. The number of aliphatic hydroxyl groups is 1. The molecule has 0 fully saturated rings. The first-order chi connectivity index (χ1) is 21.6. The maximum atomic E-state index is 13.0. The Hall–Kier alpha value is -3.54. The zero-order chi connectivity index (χ0) is 31.1. The van der Waals surface area contributed by atoms with Crippen LogP contribution in [0.3, 0.4) is 0 Å². The van der Waals surface area contributed by atoms with Crippen LogP contribution in [0.4, 0.5) is 4.39 Å². The first kappa shape index (κ1) is 34.9. The predicted octanol–water partition coefficient (Wildman–Crippen LogP) is 3.92. The van der Waals surface area contributed by atoms with Crippen molar-refractivity contribution in [3.63, 3.8) is 0 Å². The molecule has 0 bridgehead atoms. The van der Waals surface area contributed by atoms with Crippen LogP contribution in [0.25, 0.3) is 0 Å². The molecule has 0 saturated carbocycles. The smallest absolute Gasteiger partial charge is 0.220 e. The van der Waals surface area contributed by atoms with Gasteiger partial charge in [0.2, 0.25) is 5.91 Å². The van der Waals surface area contributed by atoms with E-state index in [-0.39, 0.29) is 18.3 Å². The van der Waals surface area contributed by atoms with Gasteiger partial charge in [-0.3, -0.25) is 4.79 Å². The van der Waals surface area contributed by atoms with Crippen LogP contribution in [0, 0.1) is 5.82 Å². The normalized spacial score (nSPS) is 11.7. The summed E-state index contributed by atoms with van der Waals surface area (Å²) in [6, 6.07) is 23.5. The van der Waals surface area contributed by atoms with Gasteiger partial charge in [0.1, 0.15) is 36.6 Å². The second kappa shape index (κ2) is 22.0. The maximum Gasteiger partial charge on any atom is 0.220 e. The average molecular weight is 613 g/mol. The van der Waals surface area contributed by atoms with Crippen LogP contribution in [0.1, 0.15) is 24.0 Å². The number of rotatable bonds is 24. The lowest BCUT2D eigenvalue weighted by Gasteiger charge is -2.14. The lowest BCUT2D eigenvalue weighted by Crippen LogP contribution is -2.33. The number of carbonyl (C=O) groups excluding carboxylic acids is 1. The second-order valence-electron chi connectivity index (χ2n) is 10.1. The van der Waals surface area contributed by atoms with Gasteiger partial charge >= 0.3 is 0 Å². The van der Waals surface area contributed by atoms with Crippen LogP contribution in [-0.4, -0.2) is 83.0 Å². The standard InChI is InChI=1S/C34H45FN2O7/c35-30-14-12-29(13-15-30)26-43-32-9-5-10-33(24-32)44-27-31(38)25-36-16-18-40-20-22-42-23-21-41-19-17-37-34(39)11-4-8-28-6-2-1-3-7-28/h1-3,5-7,9-10,12-15,24,31,36,38H,4,8,11,16-23,25-27H2,(H,37,39)/t31-/m1/s1. The van der Waals surface area contributed by atoms with E-state index in [4.69, 9.17) is 23.7 Å². The van der Waals surface area contributed by atoms with Gasteiger partial charge in [-0.2, -0.15) is 0 Å². The zero-order valence-corrected chi connectivity index (χ0v) is 25.3. The molecule has 1 atom stereocenters. The molecule has 0 aromatic heterocycles. The molecule has 0 heterocycles. The minimum atomic E-state index is -0.685. The summed E-state index contributed by atoms with van der Waals surface area (Å²) in [5.74, 6) is 0.976. The molecule has 9 nitrogen and oxygen atoms in total. The fourth-order valence-electron chi connectivity index (χ4n) is 4.06. The number of ether oxygens (including phenoxy) is 5. The molecular formula is C34H45FN2O7. The summed E-state index contributed by atoms with van der Waals surface area (Å²) in [6.07, 6.45) is 1.55. The molecule has 3 rings (SSSR count). The molecule has 3 aromatic carbocycles. The SMILES string of the molecule is O=C(CCCc1ccccc1)NCCOCCOCCOCCNC[C@@H](O)COc1cccc(OCc2ccc(F)cc2)c1. The van der Waals surface area contributed by atoms with Crippen molar-refractivity contribution < 1.29 is 38.0 Å². The van der Waals surface area contributed by atoms with Crippen LogP contribution < -0.4 is 20.1 Å². The number of aryl methyl sites for hydroxylation is 1. The maximum absolute atomic E-state index is 13.0. The van der Waals surface area contributed by atoms with E-state index in [1.807, 2.05) is 30.3 Å². The summed E-state index contributed by atoms with van der Waals surface area (Å²) in [5.41, 5.74) is 2.11. The summed E-state index contributed by atoms with van der Waals surface area (Å²) in [5, 5.41) is 16.2. The molecular weight excluding hydrogens is 567 g/mol. The van der Waals surface area contributed by atoms with Crippen molar-refractivity contribution in [2.24, 2.45) is 0 Å². The monoisotopic (exact) mass is 612 g/mol. The van der Waals surface area contributed by atoms with Gasteiger partial charge in [-0.25, -0.2) is 4.39 Å². The van der Waals surface area contributed by atoms with Gasteiger partial charge in [-0.15, -0.1) is 0 Å². The van der Waals surface area contributed by atoms with E-state index in [2.05, 4.69) is 22.8 Å². The second-order valence-corrected chi connectivity index (χ2v) is 10.1. The number of aliphatic hydroxyl groups excluding tert-OH is 1. The Morgan fingerprint density at radius 2 is 1.41 bits per heavy atom. The number of amides is 1. The summed E-state index contributed by atoms with van der Waals surface area (Å²) in [6.45, 7) is 4.68. The Balaban J connectivity index is 1.07. The van der Waals surface area contributed by atoms with Gasteiger partial charge in [0.05, 0.1) is 39.6 Å². The minimum absolute atomic E-state index is 0.0450. The van der Waals surface area contributed by atoms with Gasteiger partial charge in [-0.1, -0.05) is 48.5 Å². The molecule has 0 saturated heterocycles. The molecule has 1 amide bonds. The van der Waals surface area contributed by atoms with E-state index in [1.54, 1.807) is 24.3 Å². The number of hydrogen-bond acceptors (Lipinski definition) is 8. The highest BCUT2D eigenvalue weighted by molar-refractivity contribution is 5.75. The van der Waals surface area contributed by atoms with E-state index in [9.17, 15) is 14.3 Å². The molecule has 0 aliphatic rings. The minimum Gasteiger partial charge on any atom is -0.491 e. The van der Waals surface area contributed by atoms with E-state index < -0.39 is 6.10 Å². The van der Waals surface area contributed by atoms with Crippen molar-refractivity contribution in [1.82, 2.24) is 10.6 Å². The lowest BCUT2D eigenvalue weighted by molar-refractivity contribution is -0.121. The fourth-order valence-corrected chi connectivity index (χ4v) is 4.06. The molecule has 3 aromatic rings. The largest absolute Gasteiger partial charge is 0.491 e. The van der Waals surface area contributed by atoms with Crippen LogP contribution in [0.5, 0.6) is 11.5 Å². The summed E-state index contributed by atoms with van der Waals surface area (Å²) < 4.78 is 41.0. The van der Waals surface area contributed by atoms with E-state index in [1.165, 1.54) is 17.7 Å². The first-order valence-electron chi connectivity index (χ1n) is 15.1. The number of nitrogens with one attached hydrogen (secondary N) is 2. The third-order valence-electron chi connectivity index (χ3n) is 6.39. The number of hydrogen-bond donors (Lipinski definition) is 3. The van der Waals surface area contributed by atoms with Crippen molar-refractivity contribution in [1.29, 1.82) is 0 Å². The quantitative estimate of drug-likeness (QED) is 0.131. The Bertz CT molecular complexity index is 1170. The molecule has 0 spiro atoms. The lowest BCUT2D eigenvalue weighted by atomic mass is 10.1. The Labute approximate surface area is 259 Å². The van der Waals surface area contributed by atoms with Gasteiger partial charge in [0.15, 0.2) is 0 Å². The molecule has 0 aliphatic carbocycles. The Morgan fingerprint density at radius 1 is 0.750 bits per heavy atom. The van der Waals surface area contributed by atoms with E-state index >= 15 is 0 Å². The Morgan fingerprint density at radius 3 is 2.14 bits per heavy atom. The molecule has 3 N–H and O–H groups in total. The number of benzene rings is 3. The fraction of sp³-hybridized carbons (Fsp3) is 0.441. The molecule has 240 valence electrons. The van der Waals surface area contributed by atoms with Crippen LogP contribution >= 0.6 is 0 Å². The highest BCUT2D eigenvalue weighted by Gasteiger charge is 2.06. The van der Waals surface area contributed by atoms with Gasteiger partial charge < -0.3 is 39.4 Å². The van der Waals surface area contributed by atoms with Gasteiger partial charge in [0.25, 0.3) is 0 Å². The van der Waals surface area contributed by atoms with Gasteiger partial charge in [-0.05, 0) is 48.2 Å². The van der Waals surface area contributed by atoms with Gasteiger partial charge in [0, 0.05) is 32.1 Å². The van der Waals surface area contributed by atoms with Crippen molar-refractivity contribution in [3.05, 3.63) is 95.8 Å². The average Bonchev–Trinajstić information content (AvgIpc) is 3.04. The van der Waals surface area contributed by atoms with Crippen molar-refractivity contribution in [2.75, 3.05) is 65.9 Å². The van der Waals surface area contributed by atoms with Crippen molar-refractivity contribution in [2.45, 2.75) is 32.0 Å². The topological polar surface area (TPSA) is 108 Å². The zero-order valence-electron chi connectivity index (χ0n) is 25.3. The number of carbonyl (C=O) groups is 1. The summed E-state index contributed by atoms with van der Waals surface area (Å²) in [4.78, 5) is 11.9. The molecule has 44 heavy (non-hydrogen) atoms. The van der Waals surface area contributed by atoms with Crippen molar-refractivity contribution >= 4 is 5.91 Å². The van der Waals surface area contributed by atoms with Crippen LogP contribution in [0.15, 0.2) is 78.9 Å². The predicted molar refractivity (Wildman–Crippen MR) is 166 cm³/mol. The van der Waals surface area contributed by atoms with E-state index in [0.29, 0.717) is 83.8 Å². The highest BCUT2D eigenvalue weighted by Crippen LogP contribution is 2.20. The molecule has 10 heteroatoms. The Kier molecular flexibility index (Phi) is 17.5. The van der Waals surface area contributed by atoms with Crippen LogP contribution in [0.2, 0.25) is 0 Å². The number of halogens is 1. The van der Waals surface area contributed by atoms with E-state index in [0.717, 1.165) is 18.4 Å². The highest BCUT2D eigenvalue weighted by atomic mass is 19.1. The third kappa shape index (κ3) is 16.3. The summed E-state index contributed by atoms with van der Waals surface area (Å²) >= 11 is 0.